The smallest absolute Gasteiger partial charge is 0.393 e. The van der Waals surface area contributed by atoms with Gasteiger partial charge in [0.2, 0.25) is 0 Å². The molecule has 176 valence electrons. The van der Waals surface area contributed by atoms with Crippen molar-refractivity contribution in [1.82, 2.24) is 0 Å². The van der Waals surface area contributed by atoms with E-state index in [0.717, 1.165) is 5.57 Å². The molecule has 1 aliphatic carbocycles. The zero-order valence-electron chi connectivity index (χ0n) is 17.4. The van der Waals surface area contributed by atoms with E-state index in [-0.39, 0.29) is 6.42 Å². The van der Waals surface area contributed by atoms with Gasteiger partial charge in [-0.1, -0.05) is 37.6 Å². The van der Waals surface area contributed by atoms with Crippen LogP contribution in [0.1, 0.15) is 71.6 Å². The molecule has 0 bridgehead atoms. The second-order valence-corrected chi connectivity index (χ2v) is 8.97. The molecule has 3 nitrogen and oxygen atoms in total. The zero-order valence-corrected chi connectivity index (χ0v) is 17.4. The summed E-state index contributed by atoms with van der Waals surface area (Å²) in [5.74, 6) is 0. The minimum atomic E-state index is -5.76. The number of aliphatic hydroxyl groups excluding tert-OH is 2. The van der Waals surface area contributed by atoms with Crippen LogP contribution >= 0.6 is 0 Å². The van der Waals surface area contributed by atoms with Gasteiger partial charge in [-0.25, -0.2) is 0 Å². The molecule has 0 aromatic heterocycles. The van der Waals surface area contributed by atoms with Gasteiger partial charge in [0.25, 0.3) is 5.60 Å². The SMILES string of the molecule is CC(C)(CCCC=CC=C1C[C@@H](O)C[C@H](O)C1)CCCC(O)(C(F)(F)F)C(F)(F)F. The topological polar surface area (TPSA) is 60.7 Å². The first-order valence-corrected chi connectivity index (χ1v) is 10.1. The minimum Gasteiger partial charge on any atom is -0.393 e. The van der Waals surface area contributed by atoms with Gasteiger partial charge >= 0.3 is 12.4 Å². The fourth-order valence-corrected chi connectivity index (χ4v) is 3.70. The van der Waals surface area contributed by atoms with Crippen LogP contribution in [0, 0.1) is 5.41 Å². The predicted molar refractivity (Wildman–Crippen MR) is 102 cm³/mol. The molecule has 0 unspecified atom stereocenters. The summed E-state index contributed by atoms with van der Waals surface area (Å²) in [6.45, 7) is 3.56. The van der Waals surface area contributed by atoms with Crippen molar-refractivity contribution in [1.29, 1.82) is 0 Å². The van der Waals surface area contributed by atoms with E-state index in [1.165, 1.54) is 0 Å². The Hall–Kier alpha value is -1.06. The molecule has 0 amide bonds. The van der Waals surface area contributed by atoms with Gasteiger partial charge in [-0.05, 0) is 63.2 Å². The Balaban J connectivity index is 2.42. The summed E-state index contributed by atoms with van der Waals surface area (Å²) >= 11 is 0. The van der Waals surface area contributed by atoms with Gasteiger partial charge < -0.3 is 15.3 Å². The molecule has 1 aliphatic rings. The number of allylic oxidation sites excluding steroid dienone is 3. The third-order valence-corrected chi connectivity index (χ3v) is 5.56. The number of hydrogen-bond acceptors (Lipinski definition) is 3. The van der Waals surface area contributed by atoms with Crippen LogP contribution in [0.15, 0.2) is 23.8 Å². The number of halogens is 6. The quantitative estimate of drug-likeness (QED) is 0.319. The number of alkyl halides is 6. The van der Waals surface area contributed by atoms with E-state index in [0.29, 0.717) is 38.5 Å². The van der Waals surface area contributed by atoms with Crippen molar-refractivity contribution in [3.05, 3.63) is 23.8 Å². The molecule has 0 spiro atoms. The molecular formula is C21H32F6O3. The highest BCUT2D eigenvalue weighted by Gasteiger charge is 2.69. The van der Waals surface area contributed by atoms with Crippen LogP contribution in [0.4, 0.5) is 26.3 Å². The van der Waals surface area contributed by atoms with Gasteiger partial charge in [0.1, 0.15) is 0 Å². The second kappa shape index (κ2) is 10.5. The average Bonchev–Trinajstić information content (AvgIpc) is 2.54. The number of rotatable bonds is 9. The van der Waals surface area contributed by atoms with Crippen LogP contribution < -0.4 is 0 Å². The Morgan fingerprint density at radius 1 is 0.867 bits per heavy atom. The lowest BCUT2D eigenvalue weighted by Crippen LogP contribution is -2.56. The van der Waals surface area contributed by atoms with Crippen molar-refractivity contribution in [2.75, 3.05) is 0 Å². The first-order valence-electron chi connectivity index (χ1n) is 10.1. The molecule has 1 saturated carbocycles. The van der Waals surface area contributed by atoms with Gasteiger partial charge in [0.15, 0.2) is 0 Å². The van der Waals surface area contributed by atoms with Crippen LogP contribution in [-0.2, 0) is 0 Å². The summed E-state index contributed by atoms with van der Waals surface area (Å²) in [6, 6.07) is 0. The molecular weight excluding hydrogens is 414 g/mol. The summed E-state index contributed by atoms with van der Waals surface area (Å²) in [7, 11) is 0. The maximum Gasteiger partial charge on any atom is 0.426 e. The van der Waals surface area contributed by atoms with E-state index in [1.54, 1.807) is 13.8 Å². The molecule has 0 aliphatic heterocycles. The van der Waals surface area contributed by atoms with E-state index in [2.05, 4.69) is 0 Å². The summed E-state index contributed by atoms with van der Waals surface area (Å²) in [5, 5.41) is 28.4. The summed E-state index contributed by atoms with van der Waals surface area (Å²) in [4.78, 5) is 0. The fourth-order valence-electron chi connectivity index (χ4n) is 3.70. The van der Waals surface area contributed by atoms with E-state index in [4.69, 9.17) is 0 Å². The van der Waals surface area contributed by atoms with E-state index >= 15 is 0 Å². The van der Waals surface area contributed by atoms with Crippen LogP contribution in [0.3, 0.4) is 0 Å². The highest BCUT2D eigenvalue weighted by molar-refractivity contribution is 5.16. The van der Waals surface area contributed by atoms with Crippen molar-refractivity contribution in [3.63, 3.8) is 0 Å². The Morgan fingerprint density at radius 3 is 1.87 bits per heavy atom. The van der Waals surface area contributed by atoms with E-state index in [9.17, 15) is 41.7 Å². The third-order valence-electron chi connectivity index (χ3n) is 5.56. The van der Waals surface area contributed by atoms with Crippen molar-refractivity contribution < 1.29 is 41.7 Å². The predicted octanol–water partition coefficient (Wildman–Crippen LogP) is 5.60. The lowest BCUT2D eigenvalue weighted by molar-refractivity contribution is -0.370. The molecule has 0 aromatic carbocycles. The molecule has 0 radical (unpaired) electrons. The molecule has 2 atom stereocenters. The van der Waals surface area contributed by atoms with Crippen LogP contribution in [0.25, 0.3) is 0 Å². The molecule has 0 aromatic rings. The Labute approximate surface area is 173 Å². The van der Waals surface area contributed by atoms with E-state index < -0.39 is 48.4 Å². The number of unbranched alkanes of at least 4 members (excludes halogenated alkanes) is 1. The van der Waals surface area contributed by atoms with Gasteiger partial charge in [0.05, 0.1) is 12.2 Å². The minimum absolute atomic E-state index is 0.130. The van der Waals surface area contributed by atoms with Crippen molar-refractivity contribution in [2.24, 2.45) is 5.41 Å². The number of aliphatic hydroxyl groups is 3. The summed E-state index contributed by atoms with van der Waals surface area (Å²) < 4.78 is 76.3. The normalized spacial score (nSPS) is 22.0. The molecule has 1 rings (SSSR count). The highest BCUT2D eigenvalue weighted by atomic mass is 19.4. The summed E-state index contributed by atoms with van der Waals surface area (Å²) in [5.41, 5.74) is -4.17. The van der Waals surface area contributed by atoms with Crippen molar-refractivity contribution >= 4 is 0 Å². The second-order valence-electron chi connectivity index (χ2n) is 8.97. The van der Waals surface area contributed by atoms with Crippen LogP contribution in [0.5, 0.6) is 0 Å². The lowest BCUT2D eigenvalue weighted by Gasteiger charge is -2.33. The van der Waals surface area contributed by atoms with Crippen molar-refractivity contribution in [3.8, 4) is 0 Å². The molecule has 9 heteroatoms. The summed E-state index contributed by atoms with van der Waals surface area (Å²) in [6.07, 6.45) is -5.26. The molecule has 30 heavy (non-hydrogen) atoms. The largest absolute Gasteiger partial charge is 0.426 e. The van der Waals surface area contributed by atoms with Gasteiger partial charge in [-0.3, -0.25) is 0 Å². The Bertz CT molecular complexity index is 567. The lowest BCUT2D eigenvalue weighted by atomic mass is 9.80. The molecule has 1 fully saturated rings. The zero-order chi connectivity index (χ0) is 23.2. The van der Waals surface area contributed by atoms with Crippen LogP contribution in [-0.4, -0.2) is 45.5 Å². The van der Waals surface area contributed by atoms with Gasteiger partial charge in [0, 0.05) is 0 Å². The molecule has 3 N–H and O–H groups in total. The van der Waals surface area contributed by atoms with E-state index in [1.807, 2.05) is 18.2 Å². The van der Waals surface area contributed by atoms with Crippen molar-refractivity contribution in [2.45, 2.75) is 102 Å². The highest BCUT2D eigenvalue weighted by Crippen LogP contribution is 2.46. The van der Waals surface area contributed by atoms with Gasteiger partial charge in [-0.15, -0.1) is 0 Å². The van der Waals surface area contributed by atoms with Crippen LogP contribution in [0.2, 0.25) is 0 Å². The average molecular weight is 446 g/mol. The Kier molecular flexibility index (Phi) is 9.44. The first-order chi connectivity index (χ1) is 13.6. The molecule has 0 saturated heterocycles. The maximum absolute atomic E-state index is 12.7. The maximum atomic E-state index is 12.7. The number of hydrogen-bond donors (Lipinski definition) is 3. The first kappa shape index (κ1) is 27.0. The Morgan fingerprint density at radius 2 is 1.37 bits per heavy atom. The monoisotopic (exact) mass is 446 g/mol. The third kappa shape index (κ3) is 8.23. The van der Waals surface area contributed by atoms with Gasteiger partial charge in [-0.2, -0.15) is 26.3 Å². The molecule has 0 heterocycles. The fraction of sp³-hybridized carbons (Fsp3) is 0.810. The standard InChI is InChI=1S/C21H32F6O3/c1-18(2,10-7-11-19(30,20(22,23)24)21(25,26)27)9-6-4-3-5-8-15-12-16(28)14-17(29)13-15/h3,5,8,16-17,28-30H,4,6-7,9-14H2,1-2H3/t16-,17-/m1/s1.